The Bertz CT molecular complexity index is 915. The Morgan fingerprint density at radius 2 is 1.52 bits per heavy atom. The highest BCUT2D eigenvalue weighted by atomic mass is 16.2. The van der Waals surface area contributed by atoms with Gasteiger partial charge in [-0.05, 0) is 22.8 Å². The largest absolute Gasteiger partial charge is 0.350 e. The lowest BCUT2D eigenvalue weighted by atomic mass is 10.0. The summed E-state index contributed by atoms with van der Waals surface area (Å²) >= 11 is 0. The van der Waals surface area contributed by atoms with Gasteiger partial charge in [0.2, 0.25) is 11.8 Å². The number of amides is 2. The average Bonchev–Trinajstić information content (AvgIpc) is 2.76. The number of rotatable bonds is 8. The van der Waals surface area contributed by atoms with Crippen molar-refractivity contribution in [2.75, 3.05) is 0 Å². The number of carbonyl (C=O) groups excluding carboxylic acids is 2. The molecular formula is C24H25N3O2. The molecule has 0 saturated carbocycles. The number of aromatic nitrogens is 1. The van der Waals surface area contributed by atoms with E-state index in [1.807, 2.05) is 72.8 Å². The normalized spacial score (nSPS) is 11.5. The molecule has 0 spiro atoms. The Hall–Kier alpha value is -3.47. The Labute approximate surface area is 171 Å². The average molecular weight is 387 g/mol. The van der Waals surface area contributed by atoms with Crippen LogP contribution < -0.4 is 5.32 Å². The van der Waals surface area contributed by atoms with E-state index in [1.165, 1.54) is 6.92 Å². The third-order valence-electron chi connectivity index (χ3n) is 4.74. The number of pyridine rings is 1. The molecule has 2 aromatic carbocycles. The van der Waals surface area contributed by atoms with E-state index >= 15 is 0 Å². The first kappa shape index (κ1) is 20.3. The minimum Gasteiger partial charge on any atom is -0.350 e. The first-order valence-corrected chi connectivity index (χ1v) is 9.65. The van der Waals surface area contributed by atoms with Crippen LogP contribution in [-0.4, -0.2) is 27.7 Å². The standard InChI is InChI=1S/C24H25N3O2/c1-19(28)27(18-21-11-6-3-7-12-21)23(15-20-9-4-2-5-10-20)24(29)26-17-22-13-8-14-25-16-22/h2-14,16,23H,15,17-18H2,1H3,(H,26,29)/t23-/m1/s1. The van der Waals surface area contributed by atoms with Crippen molar-refractivity contribution < 1.29 is 9.59 Å². The molecule has 29 heavy (non-hydrogen) atoms. The molecule has 1 atom stereocenters. The molecule has 5 heteroatoms. The maximum Gasteiger partial charge on any atom is 0.243 e. The molecule has 3 aromatic rings. The van der Waals surface area contributed by atoms with Gasteiger partial charge in [0.25, 0.3) is 0 Å². The van der Waals surface area contributed by atoms with Gasteiger partial charge in [-0.2, -0.15) is 0 Å². The van der Waals surface area contributed by atoms with Gasteiger partial charge >= 0.3 is 0 Å². The maximum absolute atomic E-state index is 13.1. The molecule has 2 amide bonds. The molecule has 0 radical (unpaired) electrons. The van der Waals surface area contributed by atoms with E-state index in [4.69, 9.17) is 0 Å². The molecule has 0 aliphatic rings. The second-order valence-corrected chi connectivity index (χ2v) is 6.92. The number of nitrogens with zero attached hydrogens (tertiary/aromatic N) is 2. The van der Waals surface area contributed by atoms with Gasteiger partial charge in [-0.3, -0.25) is 14.6 Å². The smallest absolute Gasteiger partial charge is 0.243 e. The Balaban J connectivity index is 1.81. The molecule has 1 heterocycles. The van der Waals surface area contributed by atoms with E-state index in [2.05, 4.69) is 10.3 Å². The van der Waals surface area contributed by atoms with E-state index in [0.29, 0.717) is 19.5 Å². The first-order chi connectivity index (χ1) is 14.1. The van der Waals surface area contributed by atoms with Crippen molar-refractivity contribution in [3.63, 3.8) is 0 Å². The quantitative estimate of drug-likeness (QED) is 0.645. The van der Waals surface area contributed by atoms with Crippen molar-refractivity contribution in [2.45, 2.75) is 32.5 Å². The van der Waals surface area contributed by atoms with Crippen LogP contribution in [-0.2, 0) is 29.1 Å². The van der Waals surface area contributed by atoms with Gasteiger partial charge < -0.3 is 10.2 Å². The fourth-order valence-corrected chi connectivity index (χ4v) is 3.21. The van der Waals surface area contributed by atoms with Gasteiger partial charge in [0, 0.05) is 38.8 Å². The summed E-state index contributed by atoms with van der Waals surface area (Å²) in [7, 11) is 0. The molecule has 1 aromatic heterocycles. The van der Waals surface area contributed by atoms with Crippen LogP contribution in [0.4, 0.5) is 0 Å². The monoisotopic (exact) mass is 387 g/mol. The zero-order valence-corrected chi connectivity index (χ0v) is 16.5. The summed E-state index contributed by atoms with van der Waals surface area (Å²) in [4.78, 5) is 31.3. The Kier molecular flexibility index (Phi) is 7.11. The lowest BCUT2D eigenvalue weighted by Gasteiger charge is -2.30. The lowest BCUT2D eigenvalue weighted by Crippen LogP contribution is -2.49. The highest BCUT2D eigenvalue weighted by Crippen LogP contribution is 2.15. The summed E-state index contributed by atoms with van der Waals surface area (Å²) in [6.45, 7) is 2.26. The predicted molar refractivity (Wildman–Crippen MR) is 113 cm³/mol. The van der Waals surface area contributed by atoms with Crippen LogP contribution in [0.25, 0.3) is 0 Å². The van der Waals surface area contributed by atoms with E-state index in [1.54, 1.807) is 17.3 Å². The van der Waals surface area contributed by atoms with Crippen LogP contribution in [0, 0.1) is 0 Å². The second kappa shape index (κ2) is 10.2. The SMILES string of the molecule is CC(=O)N(Cc1ccccc1)[C@H](Cc1ccccc1)C(=O)NCc1cccnc1. The van der Waals surface area contributed by atoms with Gasteiger partial charge in [-0.1, -0.05) is 66.7 Å². The number of hydrogen-bond acceptors (Lipinski definition) is 3. The van der Waals surface area contributed by atoms with Crippen molar-refractivity contribution >= 4 is 11.8 Å². The molecule has 0 fully saturated rings. The number of benzene rings is 2. The van der Waals surface area contributed by atoms with Gasteiger partial charge in [0.05, 0.1) is 0 Å². The van der Waals surface area contributed by atoms with Crippen molar-refractivity contribution in [2.24, 2.45) is 0 Å². The van der Waals surface area contributed by atoms with E-state index in [9.17, 15) is 9.59 Å². The molecule has 0 saturated heterocycles. The minimum atomic E-state index is -0.605. The highest BCUT2D eigenvalue weighted by Gasteiger charge is 2.28. The minimum absolute atomic E-state index is 0.133. The molecular weight excluding hydrogens is 362 g/mol. The Morgan fingerprint density at radius 3 is 2.10 bits per heavy atom. The number of hydrogen-bond donors (Lipinski definition) is 1. The van der Waals surface area contributed by atoms with E-state index in [0.717, 1.165) is 16.7 Å². The molecule has 5 nitrogen and oxygen atoms in total. The van der Waals surface area contributed by atoms with Crippen LogP contribution >= 0.6 is 0 Å². The zero-order chi connectivity index (χ0) is 20.5. The molecule has 1 N–H and O–H groups in total. The summed E-state index contributed by atoms with van der Waals surface area (Å²) in [5, 5.41) is 2.97. The molecule has 0 aliphatic carbocycles. The molecule has 0 bridgehead atoms. The fourth-order valence-electron chi connectivity index (χ4n) is 3.21. The van der Waals surface area contributed by atoms with Crippen LogP contribution in [0.3, 0.4) is 0 Å². The predicted octanol–water partition coefficient (Wildman–Crippen LogP) is 3.36. The summed E-state index contributed by atoms with van der Waals surface area (Å²) in [5.41, 5.74) is 2.91. The van der Waals surface area contributed by atoms with E-state index in [-0.39, 0.29) is 11.8 Å². The van der Waals surface area contributed by atoms with Crippen molar-refractivity contribution in [1.82, 2.24) is 15.2 Å². The third kappa shape index (κ3) is 6.01. The topological polar surface area (TPSA) is 62.3 Å². The van der Waals surface area contributed by atoms with Gasteiger partial charge in [0.1, 0.15) is 6.04 Å². The third-order valence-corrected chi connectivity index (χ3v) is 4.74. The maximum atomic E-state index is 13.1. The number of nitrogens with one attached hydrogen (secondary N) is 1. The van der Waals surface area contributed by atoms with Crippen LogP contribution in [0.1, 0.15) is 23.6 Å². The lowest BCUT2D eigenvalue weighted by molar-refractivity contribution is -0.139. The van der Waals surface area contributed by atoms with Crippen LogP contribution in [0.5, 0.6) is 0 Å². The van der Waals surface area contributed by atoms with Gasteiger partial charge in [0.15, 0.2) is 0 Å². The van der Waals surface area contributed by atoms with Crippen LogP contribution in [0.2, 0.25) is 0 Å². The molecule has 148 valence electrons. The number of carbonyl (C=O) groups is 2. The second-order valence-electron chi connectivity index (χ2n) is 6.92. The van der Waals surface area contributed by atoms with Gasteiger partial charge in [-0.15, -0.1) is 0 Å². The summed E-state index contributed by atoms with van der Waals surface area (Å²) in [5.74, 6) is -0.310. The van der Waals surface area contributed by atoms with Crippen molar-refractivity contribution in [3.8, 4) is 0 Å². The summed E-state index contributed by atoms with van der Waals surface area (Å²) in [6.07, 6.45) is 3.87. The van der Waals surface area contributed by atoms with Crippen molar-refractivity contribution in [1.29, 1.82) is 0 Å². The highest BCUT2D eigenvalue weighted by molar-refractivity contribution is 5.87. The molecule has 0 unspecified atom stereocenters. The summed E-state index contributed by atoms with van der Waals surface area (Å²) < 4.78 is 0. The zero-order valence-electron chi connectivity index (χ0n) is 16.5. The fraction of sp³-hybridized carbons (Fsp3) is 0.208. The Morgan fingerprint density at radius 1 is 0.897 bits per heavy atom. The molecule has 0 aliphatic heterocycles. The van der Waals surface area contributed by atoms with Crippen LogP contribution in [0.15, 0.2) is 85.2 Å². The van der Waals surface area contributed by atoms with Crippen molar-refractivity contribution in [3.05, 3.63) is 102 Å². The molecule has 3 rings (SSSR count). The first-order valence-electron chi connectivity index (χ1n) is 9.65. The van der Waals surface area contributed by atoms with E-state index < -0.39 is 6.04 Å². The van der Waals surface area contributed by atoms with Gasteiger partial charge in [-0.25, -0.2) is 0 Å². The summed E-state index contributed by atoms with van der Waals surface area (Å²) in [6, 6.07) is 22.6.